The van der Waals surface area contributed by atoms with E-state index < -0.39 is 0 Å². The second-order valence-corrected chi connectivity index (χ2v) is 9.16. The third kappa shape index (κ3) is 2.65. The first-order chi connectivity index (χ1) is 14.7. The SMILES string of the molecule is Nc1c(O)c(-c2nc3ccccc3s2)cc2cc(-c3nc4ccccc4s3)ccc12. The van der Waals surface area contributed by atoms with Crippen LogP contribution in [0.2, 0.25) is 0 Å². The van der Waals surface area contributed by atoms with Crippen molar-refractivity contribution in [3.8, 4) is 26.9 Å². The lowest BCUT2D eigenvalue weighted by atomic mass is 10.0. The fourth-order valence-electron chi connectivity index (χ4n) is 3.70. The molecule has 0 radical (unpaired) electrons. The minimum Gasteiger partial charge on any atom is -0.505 e. The van der Waals surface area contributed by atoms with Crippen LogP contribution in [-0.4, -0.2) is 15.1 Å². The fraction of sp³-hybridized carbons (Fsp3) is 0. The normalized spacial score (nSPS) is 11.6. The number of nitrogens with two attached hydrogens (primary N) is 1. The van der Waals surface area contributed by atoms with Gasteiger partial charge in [0.1, 0.15) is 15.8 Å². The van der Waals surface area contributed by atoms with Crippen molar-refractivity contribution >= 4 is 59.6 Å². The molecule has 0 atom stereocenters. The molecule has 6 heteroatoms. The first-order valence-electron chi connectivity index (χ1n) is 9.44. The Morgan fingerprint density at radius 2 is 1.37 bits per heavy atom. The van der Waals surface area contributed by atoms with E-state index in [4.69, 9.17) is 15.7 Å². The second kappa shape index (κ2) is 6.52. The molecule has 0 unspecified atom stereocenters. The monoisotopic (exact) mass is 425 g/mol. The van der Waals surface area contributed by atoms with E-state index in [-0.39, 0.29) is 5.75 Å². The zero-order valence-electron chi connectivity index (χ0n) is 15.7. The minimum absolute atomic E-state index is 0.0780. The van der Waals surface area contributed by atoms with E-state index in [1.54, 1.807) is 22.7 Å². The Bertz CT molecular complexity index is 1520. The number of aromatic nitrogens is 2. The molecule has 6 rings (SSSR count). The third-order valence-corrected chi connectivity index (χ3v) is 7.37. The van der Waals surface area contributed by atoms with Gasteiger partial charge in [0.2, 0.25) is 0 Å². The number of phenolic OH excluding ortho intramolecular Hbond substituents is 1. The van der Waals surface area contributed by atoms with Crippen LogP contribution in [0.3, 0.4) is 0 Å². The van der Waals surface area contributed by atoms with Gasteiger partial charge in [-0.25, -0.2) is 9.97 Å². The molecule has 0 bridgehead atoms. The number of para-hydroxylation sites is 2. The minimum atomic E-state index is 0.0780. The molecular formula is C24H15N3OS2. The topological polar surface area (TPSA) is 72.0 Å². The maximum atomic E-state index is 10.8. The lowest BCUT2D eigenvalue weighted by Crippen LogP contribution is -1.91. The number of thiazole rings is 2. The molecule has 2 heterocycles. The van der Waals surface area contributed by atoms with Crippen molar-refractivity contribution in [1.29, 1.82) is 0 Å². The highest BCUT2D eigenvalue weighted by Crippen LogP contribution is 2.43. The van der Waals surface area contributed by atoms with E-state index in [9.17, 15) is 5.11 Å². The van der Waals surface area contributed by atoms with Gasteiger partial charge >= 0.3 is 0 Å². The highest BCUT2D eigenvalue weighted by atomic mass is 32.1. The van der Waals surface area contributed by atoms with Crippen molar-refractivity contribution in [2.45, 2.75) is 0 Å². The summed E-state index contributed by atoms with van der Waals surface area (Å²) in [6, 6.07) is 24.1. The number of hydrogen-bond acceptors (Lipinski definition) is 6. The van der Waals surface area contributed by atoms with Crippen molar-refractivity contribution in [2.75, 3.05) is 5.73 Å². The lowest BCUT2D eigenvalue weighted by molar-refractivity contribution is 0.480. The van der Waals surface area contributed by atoms with Crippen LogP contribution < -0.4 is 5.73 Å². The van der Waals surface area contributed by atoms with Gasteiger partial charge in [-0.1, -0.05) is 36.4 Å². The lowest BCUT2D eigenvalue weighted by Gasteiger charge is -2.10. The van der Waals surface area contributed by atoms with Crippen molar-refractivity contribution in [1.82, 2.24) is 9.97 Å². The van der Waals surface area contributed by atoms with E-state index in [1.807, 2.05) is 60.7 Å². The molecule has 144 valence electrons. The molecule has 4 nitrogen and oxygen atoms in total. The molecule has 0 aliphatic rings. The summed E-state index contributed by atoms with van der Waals surface area (Å²) >= 11 is 3.22. The molecule has 0 saturated heterocycles. The smallest absolute Gasteiger partial charge is 0.149 e. The second-order valence-electron chi connectivity index (χ2n) is 7.10. The van der Waals surface area contributed by atoms with Gasteiger partial charge in [0, 0.05) is 10.9 Å². The predicted molar refractivity (Wildman–Crippen MR) is 127 cm³/mol. The van der Waals surface area contributed by atoms with Crippen LogP contribution in [0.15, 0.2) is 72.8 Å². The highest BCUT2D eigenvalue weighted by molar-refractivity contribution is 7.22. The zero-order chi connectivity index (χ0) is 20.2. The van der Waals surface area contributed by atoms with Gasteiger partial charge in [-0.15, -0.1) is 22.7 Å². The average molecular weight is 426 g/mol. The molecule has 30 heavy (non-hydrogen) atoms. The summed E-state index contributed by atoms with van der Waals surface area (Å²) in [6.45, 7) is 0. The number of fused-ring (bicyclic) bond motifs is 3. The van der Waals surface area contributed by atoms with Gasteiger partial charge in [-0.3, -0.25) is 0 Å². The van der Waals surface area contributed by atoms with E-state index in [0.29, 0.717) is 11.3 Å². The molecule has 0 aliphatic carbocycles. The molecule has 3 N–H and O–H groups in total. The van der Waals surface area contributed by atoms with Crippen molar-refractivity contribution in [2.24, 2.45) is 0 Å². The van der Waals surface area contributed by atoms with Gasteiger partial charge < -0.3 is 10.8 Å². The number of anilines is 1. The molecular weight excluding hydrogens is 410 g/mol. The van der Waals surface area contributed by atoms with E-state index in [2.05, 4.69) is 12.1 Å². The standard InChI is InChI=1S/C24H15N3OS2/c25-21-15-10-9-13(23-26-17-5-1-3-7-19(17)29-23)11-14(15)12-16(22(21)28)24-27-18-6-2-4-8-20(18)30-24/h1-12,28H,25H2. The van der Waals surface area contributed by atoms with Gasteiger partial charge in [0.25, 0.3) is 0 Å². The molecule has 0 aliphatic heterocycles. The Morgan fingerprint density at radius 3 is 2.07 bits per heavy atom. The molecule has 0 saturated carbocycles. The summed E-state index contributed by atoms with van der Waals surface area (Å²) in [5, 5.41) is 14.3. The summed E-state index contributed by atoms with van der Waals surface area (Å²) in [6.07, 6.45) is 0. The highest BCUT2D eigenvalue weighted by Gasteiger charge is 2.16. The first kappa shape index (κ1) is 17.4. The number of nitrogen functional groups attached to an aromatic ring is 1. The Labute approximate surface area is 179 Å². The summed E-state index contributed by atoms with van der Waals surface area (Å²) in [4.78, 5) is 9.46. The number of benzene rings is 4. The Kier molecular flexibility index (Phi) is 3.78. The van der Waals surface area contributed by atoms with E-state index >= 15 is 0 Å². The summed E-state index contributed by atoms with van der Waals surface area (Å²) in [5.41, 5.74) is 10.3. The van der Waals surface area contributed by atoms with Crippen LogP contribution in [0, 0.1) is 0 Å². The van der Waals surface area contributed by atoms with Crippen LogP contribution >= 0.6 is 22.7 Å². The molecule has 4 aromatic carbocycles. The summed E-state index contributed by atoms with van der Waals surface area (Å²) < 4.78 is 2.24. The van der Waals surface area contributed by atoms with E-state index in [1.165, 1.54) is 0 Å². The van der Waals surface area contributed by atoms with Crippen LogP contribution in [0.1, 0.15) is 0 Å². The van der Waals surface area contributed by atoms with Crippen LogP contribution in [0.4, 0.5) is 5.69 Å². The number of aromatic hydroxyl groups is 1. The van der Waals surface area contributed by atoms with Crippen LogP contribution in [-0.2, 0) is 0 Å². The third-order valence-electron chi connectivity index (χ3n) is 5.22. The molecule has 0 amide bonds. The van der Waals surface area contributed by atoms with Gasteiger partial charge in [0.15, 0.2) is 0 Å². The number of hydrogen-bond donors (Lipinski definition) is 2. The van der Waals surface area contributed by atoms with Gasteiger partial charge in [-0.2, -0.15) is 0 Å². The fourth-order valence-corrected chi connectivity index (χ4v) is 5.65. The molecule has 0 fully saturated rings. The number of phenols is 1. The summed E-state index contributed by atoms with van der Waals surface area (Å²) in [5.74, 6) is 0.0780. The Balaban J connectivity index is 1.55. The van der Waals surface area contributed by atoms with E-state index in [0.717, 1.165) is 46.8 Å². The molecule has 6 aromatic rings. The first-order valence-corrected chi connectivity index (χ1v) is 11.1. The predicted octanol–water partition coefficient (Wildman–Crippen LogP) is 6.68. The zero-order valence-corrected chi connectivity index (χ0v) is 17.3. The van der Waals surface area contributed by atoms with Gasteiger partial charge in [-0.05, 0) is 41.8 Å². The molecule has 2 aromatic heterocycles. The van der Waals surface area contributed by atoms with Gasteiger partial charge in [0.05, 0.1) is 31.7 Å². The van der Waals surface area contributed by atoms with Crippen molar-refractivity contribution in [3.05, 3.63) is 72.8 Å². The largest absolute Gasteiger partial charge is 0.505 e. The number of rotatable bonds is 2. The maximum Gasteiger partial charge on any atom is 0.149 e. The number of nitrogens with zero attached hydrogens (tertiary/aromatic N) is 2. The average Bonchev–Trinajstić information content (AvgIpc) is 3.40. The van der Waals surface area contributed by atoms with Crippen LogP contribution in [0.25, 0.3) is 52.3 Å². The van der Waals surface area contributed by atoms with Crippen molar-refractivity contribution in [3.63, 3.8) is 0 Å². The maximum absolute atomic E-state index is 10.8. The van der Waals surface area contributed by atoms with Crippen molar-refractivity contribution < 1.29 is 5.11 Å². The summed E-state index contributed by atoms with van der Waals surface area (Å²) in [7, 11) is 0. The van der Waals surface area contributed by atoms with Crippen LogP contribution in [0.5, 0.6) is 5.75 Å². The quantitative estimate of drug-likeness (QED) is 0.240. The Morgan fingerprint density at radius 1 is 0.733 bits per heavy atom. The Hall–Kier alpha value is -3.48. The molecule has 0 spiro atoms.